The maximum absolute atomic E-state index is 10.7. The van der Waals surface area contributed by atoms with Crippen LogP contribution in [0.25, 0.3) is 11.3 Å². The van der Waals surface area contributed by atoms with Crippen molar-refractivity contribution in [2.45, 2.75) is 6.42 Å². The summed E-state index contributed by atoms with van der Waals surface area (Å²) in [4.78, 5) is 12.9. The summed E-state index contributed by atoms with van der Waals surface area (Å²) in [5.41, 5.74) is 3.93. The molecule has 0 unspecified atom stereocenters. The molecule has 0 radical (unpaired) electrons. The average Bonchev–Trinajstić information content (AvgIpc) is 2.96. The fourth-order valence-corrected chi connectivity index (χ4v) is 2.24. The van der Waals surface area contributed by atoms with E-state index in [4.69, 9.17) is 9.63 Å². The van der Waals surface area contributed by atoms with Gasteiger partial charge in [-0.15, -0.1) is 0 Å². The summed E-state index contributed by atoms with van der Waals surface area (Å²) >= 11 is 0. The maximum atomic E-state index is 10.7. The lowest BCUT2D eigenvalue weighted by molar-refractivity contribution is 0.0652. The van der Waals surface area contributed by atoms with Crippen LogP contribution in [0.15, 0.2) is 28.8 Å². The Morgan fingerprint density at radius 1 is 1.44 bits per heavy atom. The van der Waals surface area contributed by atoms with Crippen molar-refractivity contribution in [1.29, 1.82) is 0 Å². The van der Waals surface area contributed by atoms with Crippen LogP contribution in [0.2, 0.25) is 0 Å². The first kappa shape index (κ1) is 10.8. The number of anilines is 1. The van der Waals surface area contributed by atoms with Crippen LogP contribution in [0.5, 0.6) is 0 Å². The quantitative estimate of drug-likeness (QED) is 0.875. The van der Waals surface area contributed by atoms with Gasteiger partial charge in [-0.2, -0.15) is 0 Å². The average molecular weight is 244 g/mol. The Labute approximate surface area is 104 Å². The van der Waals surface area contributed by atoms with Crippen LogP contribution in [0.1, 0.15) is 16.1 Å². The second kappa shape index (κ2) is 3.87. The Bertz CT molecular complexity index is 618. The molecule has 92 valence electrons. The lowest BCUT2D eigenvalue weighted by Crippen LogP contribution is -2.12. The van der Waals surface area contributed by atoms with Crippen LogP contribution in [0, 0.1) is 0 Å². The molecular weight excluding hydrogens is 232 g/mol. The number of aromatic nitrogens is 1. The molecule has 1 N–H and O–H groups in total. The number of likely N-dealkylation sites (N-methyl/N-ethyl adjacent to an activating group) is 1. The van der Waals surface area contributed by atoms with Gasteiger partial charge in [-0.1, -0.05) is 11.2 Å². The van der Waals surface area contributed by atoms with Gasteiger partial charge in [-0.3, -0.25) is 0 Å². The number of benzene rings is 1. The number of fused-ring (bicyclic) bond motifs is 1. The number of carbonyl (C=O) groups is 1. The summed E-state index contributed by atoms with van der Waals surface area (Å²) in [7, 11) is 2.06. The summed E-state index contributed by atoms with van der Waals surface area (Å²) in [6, 6.07) is 7.46. The van der Waals surface area contributed by atoms with E-state index in [-0.39, 0.29) is 5.76 Å². The zero-order chi connectivity index (χ0) is 12.7. The van der Waals surface area contributed by atoms with E-state index in [1.54, 1.807) is 0 Å². The molecule has 1 aliphatic heterocycles. The second-order valence-corrected chi connectivity index (χ2v) is 4.40. The first-order valence-corrected chi connectivity index (χ1v) is 5.69. The molecule has 0 bridgehead atoms. The van der Waals surface area contributed by atoms with Crippen molar-refractivity contribution in [3.8, 4) is 11.3 Å². The molecule has 5 nitrogen and oxygen atoms in total. The highest BCUT2D eigenvalue weighted by Crippen LogP contribution is 2.31. The number of hydrogen-bond donors (Lipinski definition) is 1. The summed E-state index contributed by atoms with van der Waals surface area (Å²) in [5.74, 6) is -1.24. The normalized spacial score (nSPS) is 13.7. The Morgan fingerprint density at radius 3 is 3.00 bits per heavy atom. The molecule has 0 saturated heterocycles. The smallest absolute Gasteiger partial charge is 0.374 e. The first-order valence-electron chi connectivity index (χ1n) is 5.69. The van der Waals surface area contributed by atoms with E-state index < -0.39 is 5.97 Å². The lowest BCUT2D eigenvalue weighted by Gasteiger charge is -2.11. The number of carboxylic acid groups (broad SMARTS) is 1. The molecule has 0 spiro atoms. The standard InChI is InChI=1S/C13H12N2O3/c1-15-5-4-9-6-8(2-3-11(9)15)10-7-12(13(16)17)18-14-10/h2-3,6-7H,4-5H2,1H3,(H,16,17). The molecule has 0 amide bonds. The minimum absolute atomic E-state index is 0.136. The van der Waals surface area contributed by atoms with Gasteiger partial charge in [0.25, 0.3) is 0 Å². The Balaban J connectivity index is 1.99. The van der Waals surface area contributed by atoms with Crippen molar-refractivity contribution in [2.24, 2.45) is 0 Å². The second-order valence-electron chi connectivity index (χ2n) is 4.40. The van der Waals surface area contributed by atoms with Gasteiger partial charge in [0.05, 0.1) is 0 Å². The van der Waals surface area contributed by atoms with E-state index in [1.807, 2.05) is 18.2 Å². The first-order chi connectivity index (χ1) is 8.65. The van der Waals surface area contributed by atoms with Crippen molar-refractivity contribution in [1.82, 2.24) is 5.16 Å². The third-order valence-electron chi connectivity index (χ3n) is 3.22. The molecule has 3 rings (SSSR count). The summed E-state index contributed by atoms with van der Waals surface area (Å²) in [5, 5.41) is 12.6. The van der Waals surface area contributed by atoms with E-state index in [0.717, 1.165) is 18.5 Å². The molecule has 18 heavy (non-hydrogen) atoms. The number of nitrogens with zero attached hydrogens (tertiary/aromatic N) is 2. The van der Waals surface area contributed by atoms with Crippen LogP contribution in [0.4, 0.5) is 5.69 Å². The molecule has 1 aromatic carbocycles. The Morgan fingerprint density at radius 2 is 2.28 bits per heavy atom. The minimum atomic E-state index is -1.10. The van der Waals surface area contributed by atoms with Crippen molar-refractivity contribution in [2.75, 3.05) is 18.5 Å². The van der Waals surface area contributed by atoms with Gasteiger partial charge < -0.3 is 14.5 Å². The van der Waals surface area contributed by atoms with Gasteiger partial charge in [-0.05, 0) is 24.1 Å². The molecular formula is C13H12N2O3. The topological polar surface area (TPSA) is 66.6 Å². The van der Waals surface area contributed by atoms with Crippen LogP contribution in [-0.2, 0) is 6.42 Å². The predicted molar refractivity (Wildman–Crippen MR) is 65.9 cm³/mol. The third kappa shape index (κ3) is 1.64. The SMILES string of the molecule is CN1CCc2cc(-c3cc(C(=O)O)on3)ccc21. The van der Waals surface area contributed by atoms with Crippen molar-refractivity contribution in [3.63, 3.8) is 0 Å². The van der Waals surface area contributed by atoms with Crippen LogP contribution >= 0.6 is 0 Å². The number of aromatic carboxylic acids is 1. The molecule has 0 atom stereocenters. The highest BCUT2D eigenvalue weighted by Gasteiger charge is 2.18. The van der Waals surface area contributed by atoms with Crippen molar-refractivity contribution < 1.29 is 14.4 Å². The molecule has 2 aromatic rings. The summed E-state index contributed by atoms with van der Waals surface area (Å²) < 4.78 is 4.76. The fraction of sp³-hybridized carbons (Fsp3) is 0.231. The molecule has 5 heteroatoms. The minimum Gasteiger partial charge on any atom is -0.475 e. The lowest BCUT2D eigenvalue weighted by atomic mass is 10.1. The van der Waals surface area contributed by atoms with Crippen LogP contribution in [0.3, 0.4) is 0 Å². The monoisotopic (exact) mass is 244 g/mol. The van der Waals surface area contributed by atoms with Gasteiger partial charge in [0, 0.05) is 30.9 Å². The Hall–Kier alpha value is -2.30. The van der Waals surface area contributed by atoms with Crippen molar-refractivity contribution in [3.05, 3.63) is 35.6 Å². The van der Waals surface area contributed by atoms with Crippen LogP contribution < -0.4 is 4.90 Å². The number of hydrogen-bond acceptors (Lipinski definition) is 4. The summed E-state index contributed by atoms with van der Waals surface area (Å²) in [6.07, 6.45) is 1.00. The van der Waals surface area contributed by atoms with E-state index in [1.165, 1.54) is 17.3 Å². The molecule has 1 aromatic heterocycles. The van der Waals surface area contributed by atoms with E-state index in [9.17, 15) is 4.79 Å². The maximum Gasteiger partial charge on any atom is 0.374 e. The Kier molecular flexibility index (Phi) is 2.33. The number of carboxylic acids is 1. The third-order valence-corrected chi connectivity index (χ3v) is 3.22. The van der Waals surface area contributed by atoms with E-state index in [2.05, 4.69) is 17.1 Å². The molecule has 1 aliphatic rings. The highest BCUT2D eigenvalue weighted by atomic mass is 16.5. The molecule has 0 saturated carbocycles. The van der Waals surface area contributed by atoms with E-state index in [0.29, 0.717) is 5.69 Å². The zero-order valence-electron chi connectivity index (χ0n) is 9.88. The van der Waals surface area contributed by atoms with Gasteiger partial charge in [0.1, 0.15) is 5.69 Å². The van der Waals surface area contributed by atoms with Crippen LogP contribution in [-0.4, -0.2) is 29.8 Å². The van der Waals surface area contributed by atoms with Gasteiger partial charge in [0.15, 0.2) is 0 Å². The number of rotatable bonds is 2. The van der Waals surface area contributed by atoms with Gasteiger partial charge in [0.2, 0.25) is 5.76 Å². The predicted octanol–water partition coefficient (Wildman–Crippen LogP) is 2.03. The summed E-state index contributed by atoms with van der Waals surface area (Å²) in [6.45, 7) is 1.01. The highest BCUT2D eigenvalue weighted by molar-refractivity contribution is 5.85. The van der Waals surface area contributed by atoms with Gasteiger partial charge in [-0.25, -0.2) is 4.79 Å². The molecule has 2 heterocycles. The van der Waals surface area contributed by atoms with Crippen molar-refractivity contribution >= 4 is 11.7 Å². The van der Waals surface area contributed by atoms with Gasteiger partial charge >= 0.3 is 5.97 Å². The zero-order valence-corrected chi connectivity index (χ0v) is 9.88. The largest absolute Gasteiger partial charge is 0.475 e. The van der Waals surface area contributed by atoms with E-state index >= 15 is 0 Å². The molecule has 0 fully saturated rings. The fourth-order valence-electron chi connectivity index (χ4n) is 2.24. The molecule has 0 aliphatic carbocycles.